The molecule has 28 heavy (non-hydrogen) atoms. The highest BCUT2D eigenvalue weighted by Gasteiger charge is 2.43. The number of carbonyl (C=O) groups excluding carboxylic acids is 2. The molecule has 2 aromatic rings. The lowest BCUT2D eigenvalue weighted by molar-refractivity contribution is -0.142. The first-order valence-corrected chi connectivity index (χ1v) is 10.2. The van der Waals surface area contributed by atoms with E-state index < -0.39 is 5.41 Å². The van der Waals surface area contributed by atoms with E-state index in [1.807, 2.05) is 24.3 Å². The van der Waals surface area contributed by atoms with E-state index in [9.17, 15) is 9.59 Å². The van der Waals surface area contributed by atoms with E-state index in [4.69, 9.17) is 16.3 Å². The van der Waals surface area contributed by atoms with Crippen LogP contribution in [-0.2, 0) is 19.7 Å². The number of rotatable bonds is 5. The number of nitrogens with zero attached hydrogens (tertiary/aromatic N) is 1. The Bertz CT molecular complexity index is 851. The highest BCUT2D eigenvalue weighted by Crippen LogP contribution is 2.37. The molecule has 1 heterocycles. The summed E-state index contributed by atoms with van der Waals surface area (Å²) < 4.78 is 6.46. The molecule has 0 aromatic heterocycles. The van der Waals surface area contributed by atoms with Gasteiger partial charge in [0.1, 0.15) is 0 Å². The van der Waals surface area contributed by atoms with Gasteiger partial charge in [-0.3, -0.25) is 9.59 Å². The third-order valence-electron chi connectivity index (χ3n) is 5.03. The summed E-state index contributed by atoms with van der Waals surface area (Å²) in [5.41, 5.74) is 0.796. The Morgan fingerprint density at radius 2 is 1.79 bits per heavy atom. The van der Waals surface area contributed by atoms with Crippen LogP contribution in [0.3, 0.4) is 0 Å². The Morgan fingerprint density at radius 1 is 1.14 bits per heavy atom. The first kappa shape index (κ1) is 20.8. The number of halogens is 2. The number of anilines is 1. The SMILES string of the molecule is CN(CC(=O)Nc1ccccc1Cl)C(=O)C1(c2ccc(Br)cc2)CCOCC1. The van der Waals surface area contributed by atoms with Gasteiger partial charge in [0, 0.05) is 24.7 Å². The van der Waals surface area contributed by atoms with Crippen LogP contribution in [-0.4, -0.2) is 43.5 Å². The highest BCUT2D eigenvalue weighted by molar-refractivity contribution is 9.10. The Hall–Kier alpha value is -1.89. The van der Waals surface area contributed by atoms with E-state index in [0.717, 1.165) is 10.0 Å². The summed E-state index contributed by atoms with van der Waals surface area (Å²) in [5, 5.41) is 3.22. The smallest absolute Gasteiger partial charge is 0.244 e. The maximum absolute atomic E-state index is 13.4. The van der Waals surface area contributed by atoms with Crippen molar-refractivity contribution in [3.8, 4) is 0 Å². The zero-order chi connectivity index (χ0) is 20.1. The molecule has 1 saturated heterocycles. The summed E-state index contributed by atoms with van der Waals surface area (Å²) >= 11 is 9.53. The van der Waals surface area contributed by atoms with Crippen LogP contribution in [0.5, 0.6) is 0 Å². The number of hydrogen-bond donors (Lipinski definition) is 1. The third kappa shape index (κ3) is 4.57. The van der Waals surface area contributed by atoms with Crippen molar-refractivity contribution in [2.45, 2.75) is 18.3 Å². The molecule has 0 aliphatic carbocycles. The summed E-state index contributed by atoms with van der Waals surface area (Å²) in [4.78, 5) is 27.4. The molecule has 3 rings (SSSR count). The van der Waals surface area contributed by atoms with Crippen molar-refractivity contribution in [2.75, 3.05) is 32.1 Å². The normalized spacial score (nSPS) is 15.7. The van der Waals surface area contributed by atoms with Gasteiger partial charge < -0.3 is 15.0 Å². The van der Waals surface area contributed by atoms with Gasteiger partial charge in [-0.2, -0.15) is 0 Å². The van der Waals surface area contributed by atoms with Crippen LogP contribution in [0.25, 0.3) is 0 Å². The van der Waals surface area contributed by atoms with E-state index >= 15 is 0 Å². The summed E-state index contributed by atoms with van der Waals surface area (Å²) in [7, 11) is 1.66. The molecule has 0 bridgehead atoms. The fourth-order valence-electron chi connectivity index (χ4n) is 3.52. The van der Waals surface area contributed by atoms with Crippen LogP contribution in [0.15, 0.2) is 53.0 Å². The van der Waals surface area contributed by atoms with Crippen molar-refractivity contribution in [1.82, 2.24) is 4.90 Å². The lowest BCUT2D eigenvalue weighted by Crippen LogP contribution is -2.50. The average molecular weight is 466 g/mol. The number of carbonyl (C=O) groups is 2. The number of amides is 2. The quantitative estimate of drug-likeness (QED) is 0.718. The van der Waals surface area contributed by atoms with Gasteiger partial charge in [0.2, 0.25) is 11.8 Å². The molecule has 0 radical (unpaired) electrons. The van der Waals surface area contributed by atoms with Crippen molar-refractivity contribution < 1.29 is 14.3 Å². The molecule has 0 saturated carbocycles. The molecule has 0 spiro atoms. The van der Waals surface area contributed by atoms with Crippen molar-refractivity contribution in [3.05, 3.63) is 63.6 Å². The molecule has 148 valence electrons. The average Bonchev–Trinajstić information content (AvgIpc) is 2.70. The minimum absolute atomic E-state index is 0.0524. The van der Waals surface area contributed by atoms with Crippen molar-refractivity contribution >= 4 is 45.0 Å². The molecular formula is C21H22BrClN2O3. The molecule has 7 heteroatoms. The van der Waals surface area contributed by atoms with Crippen molar-refractivity contribution in [2.24, 2.45) is 0 Å². The maximum atomic E-state index is 13.4. The standard InChI is InChI=1S/C21H22BrClN2O3/c1-25(14-19(26)24-18-5-3-2-4-17(18)23)20(27)21(10-12-28-13-11-21)15-6-8-16(22)9-7-15/h2-9H,10-14H2,1H3,(H,24,26). The summed E-state index contributed by atoms with van der Waals surface area (Å²) in [6.07, 6.45) is 1.17. The second-order valence-electron chi connectivity index (χ2n) is 6.89. The lowest BCUT2D eigenvalue weighted by atomic mass is 9.73. The van der Waals surface area contributed by atoms with Gasteiger partial charge >= 0.3 is 0 Å². The maximum Gasteiger partial charge on any atom is 0.244 e. The molecular weight excluding hydrogens is 444 g/mol. The Morgan fingerprint density at radius 3 is 2.43 bits per heavy atom. The van der Waals surface area contributed by atoms with Gasteiger partial charge in [-0.25, -0.2) is 0 Å². The molecule has 1 aliphatic heterocycles. The minimum Gasteiger partial charge on any atom is -0.381 e. The molecule has 2 amide bonds. The zero-order valence-electron chi connectivity index (χ0n) is 15.6. The number of ether oxygens (including phenoxy) is 1. The van der Waals surface area contributed by atoms with Crippen molar-refractivity contribution in [1.29, 1.82) is 0 Å². The summed E-state index contributed by atoms with van der Waals surface area (Å²) in [6.45, 7) is 0.978. The van der Waals surface area contributed by atoms with E-state index in [-0.39, 0.29) is 18.4 Å². The van der Waals surface area contributed by atoms with Crippen LogP contribution in [0.2, 0.25) is 5.02 Å². The number of hydrogen-bond acceptors (Lipinski definition) is 3. The number of nitrogens with one attached hydrogen (secondary N) is 1. The molecule has 1 aliphatic rings. The summed E-state index contributed by atoms with van der Waals surface area (Å²) in [6, 6.07) is 14.8. The van der Waals surface area contributed by atoms with Crippen LogP contribution in [0, 0.1) is 0 Å². The second kappa shape index (κ2) is 9.07. The fourth-order valence-corrected chi connectivity index (χ4v) is 3.97. The van der Waals surface area contributed by atoms with Crippen LogP contribution >= 0.6 is 27.5 Å². The van der Waals surface area contributed by atoms with Gasteiger partial charge in [-0.15, -0.1) is 0 Å². The molecule has 5 nitrogen and oxygen atoms in total. The third-order valence-corrected chi connectivity index (χ3v) is 5.89. The number of benzene rings is 2. The topological polar surface area (TPSA) is 58.6 Å². The highest BCUT2D eigenvalue weighted by atomic mass is 79.9. The molecule has 1 N–H and O–H groups in total. The molecule has 2 aromatic carbocycles. The van der Waals surface area contributed by atoms with E-state index in [2.05, 4.69) is 21.2 Å². The van der Waals surface area contributed by atoms with E-state index in [1.165, 1.54) is 4.90 Å². The Labute approximate surface area is 178 Å². The number of likely N-dealkylation sites (N-methyl/N-ethyl adjacent to an activating group) is 1. The fraction of sp³-hybridized carbons (Fsp3) is 0.333. The molecule has 0 unspecified atom stereocenters. The first-order chi connectivity index (χ1) is 13.4. The van der Waals surface area contributed by atoms with Crippen LogP contribution < -0.4 is 5.32 Å². The second-order valence-corrected chi connectivity index (χ2v) is 8.21. The molecule has 1 fully saturated rings. The Kier molecular flexibility index (Phi) is 6.75. The largest absolute Gasteiger partial charge is 0.381 e. The van der Waals surface area contributed by atoms with Crippen molar-refractivity contribution in [3.63, 3.8) is 0 Å². The predicted octanol–water partition coefficient (Wildman–Crippen LogP) is 4.25. The number of para-hydroxylation sites is 1. The molecule has 0 atom stereocenters. The van der Waals surface area contributed by atoms with Gasteiger partial charge in [0.25, 0.3) is 0 Å². The van der Waals surface area contributed by atoms with E-state index in [1.54, 1.807) is 31.3 Å². The van der Waals surface area contributed by atoms with Gasteiger partial charge in [0.15, 0.2) is 0 Å². The van der Waals surface area contributed by atoms with Crippen LogP contribution in [0.1, 0.15) is 18.4 Å². The predicted molar refractivity (Wildman–Crippen MR) is 114 cm³/mol. The van der Waals surface area contributed by atoms with Gasteiger partial charge in [0.05, 0.1) is 22.7 Å². The monoisotopic (exact) mass is 464 g/mol. The van der Waals surface area contributed by atoms with Crippen LogP contribution in [0.4, 0.5) is 5.69 Å². The Balaban J connectivity index is 1.76. The summed E-state index contributed by atoms with van der Waals surface area (Å²) in [5.74, 6) is -0.366. The van der Waals surface area contributed by atoms with E-state index in [0.29, 0.717) is 36.8 Å². The minimum atomic E-state index is -0.682. The first-order valence-electron chi connectivity index (χ1n) is 9.06. The zero-order valence-corrected chi connectivity index (χ0v) is 17.9. The lowest BCUT2D eigenvalue weighted by Gasteiger charge is -2.39. The van der Waals surface area contributed by atoms with Gasteiger partial charge in [-0.1, -0.05) is 51.8 Å². The van der Waals surface area contributed by atoms with Gasteiger partial charge in [-0.05, 0) is 42.7 Å².